The summed E-state index contributed by atoms with van der Waals surface area (Å²) in [5, 5.41) is 9.83. The molecule has 2 N–H and O–H groups in total. The lowest BCUT2D eigenvalue weighted by atomic mass is 10.1. The molecule has 4 rings (SSSR count). The van der Waals surface area contributed by atoms with Crippen molar-refractivity contribution in [1.82, 2.24) is 0 Å². The first-order valence-corrected chi connectivity index (χ1v) is 12.3. The zero-order chi connectivity index (χ0) is 23.6. The van der Waals surface area contributed by atoms with Gasteiger partial charge in [0.05, 0.1) is 16.1 Å². The number of sulfonamides is 1. The molecule has 0 unspecified atom stereocenters. The minimum absolute atomic E-state index is 0.0731. The summed E-state index contributed by atoms with van der Waals surface area (Å²) >= 11 is 0. The summed E-state index contributed by atoms with van der Waals surface area (Å²) in [6, 6.07) is 19.9. The molecule has 1 fully saturated rings. The van der Waals surface area contributed by atoms with Crippen LogP contribution in [-0.4, -0.2) is 45.7 Å². The Morgan fingerprint density at radius 1 is 0.879 bits per heavy atom. The van der Waals surface area contributed by atoms with Crippen molar-refractivity contribution in [3.8, 4) is 0 Å². The SMILES string of the molecule is Cc1ccc(S(=O)(=O)Nc2ccc(N3CCN(c4ccccc4)CC3)c(C(=O)O)c2)c(C)c1. The molecule has 172 valence electrons. The predicted molar refractivity (Wildman–Crippen MR) is 131 cm³/mol. The second-order valence-corrected chi connectivity index (χ2v) is 9.87. The third-order valence-electron chi connectivity index (χ3n) is 5.84. The van der Waals surface area contributed by atoms with Crippen LogP contribution in [-0.2, 0) is 10.0 Å². The highest BCUT2D eigenvalue weighted by atomic mass is 32.2. The van der Waals surface area contributed by atoms with Crippen molar-refractivity contribution in [3.63, 3.8) is 0 Å². The van der Waals surface area contributed by atoms with Crippen molar-refractivity contribution >= 4 is 33.1 Å². The molecule has 0 saturated carbocycles. The highest BCUT2D eigenvalue weighted by molar-refractivity contribution is 7.92. The molecule has 3 aromatic rings. The number of anilines is 3. The molecule has 33 heavy (non-hydrogen) atoms. The molecule has 3 aromatic carbocycles. The maximum Gasteiger partial charge on any atom is 0.337 e. The standard InChI is InChI=1S/C25H27N3O4S/c1-18-8-11-24(19(2)16-18)33(31,32)26-20-9-10-23(22(17-20)25(29)30)28-14-12-27(13-15-28)21-6-4-3-5-7-21/h3-11,16-17,26H,12-15H2,1-2H3,(H,29,30). The van der Waals surface area contributed by atoms with E-state index in [9.17, 15) is 18.3 Å². The highest BCUT2D eigenvalue weighted by Crippen LogP contribution is 2.28. The van der Waals surface area contributed by atoms with Crippen LogP contribution in [0.4, 0.5) is 17.1 Å². The van der Waals surface area contributed by atoms with Crippen LogP contribution in [0.2, 0.25) is 0 Å². The Morgan fingerprint density at radius 3 is 2.18 bits per heavy atom. The normalized spacial score (nSPS) is 14.2. The van der Waals surface area contributed by atoms with E-state index in [1.807, 2.05) is 30.0 Å². The lowest BCUT2D eigenvalue weighted by Gasteiger charge is -2.38. The van der Waals surface area contributed by atoms with Gasteiger partial charge in [-0.3, -0.25) is 4.72 Å². The van der Waals surface area contributed by atoms with Crippen molar-refractivity contribution in [2.45, 2.75) is 18.7 Å². The second kappa shape index (κ2) is 9.15. The number of carboxylic acids is 1. The minimum Gasteiger partial charge on any atom is -0.478 e. The van der Waals surface area contributed by atoms with Gasteiger partial charge in [-0.15, -0.1) is 0 Å². The van der Waals surface area contributed by atoms with Gasteiger partial charge in [-0.2, -0.15) is 0 Å². The van der Waals surface area contributed by atoms with Crippen molar-refractivity contribution in [2.24, 2.45) is 0 Å². The van der Waals surface area contributed by atoms with Crippen molar-refractivity contribution < 1.29 is 18.3 Å². The molecule has 0 atom stereocenters. The molecule has 1 heterocycles. The van der Waals surface area contributed by atoms with Crippen LogP contribution in [0.5, 0.6) is 0 Å². The van der Waals surface area contributed by atoms with E-state index in [1.54, 1.807) is 37.3 Å². The summed E-state index contributed by atoms with van der Waals surface area (Å²) in [7, 11) is -3.84. The van der Waals surface area contributed by atoms with E-state index in [0.29, 0.717) is 24.3 Å². The molecule has 1 aliphatic heterocycles. The van der Waals surface area contributed by atoms with Crippen molar-refractivity contribution in [1.29, 1.82) is 0 Å². The molecule has 8 heteroatoms. The number of hydrogen-bond acceptors (Lipinski definition) is 5. The van der Waals surface area contributed by atoms with Crippen LogP contribution in [0.15, 0.2) is 71.6 Å². The fraction of sp³-hybridized carbons (Fsp3) is 0.240. The van der Waals surface area contributed by atoms with E-state index in [0.717, 1.165) is 24.3 Å². The molecular weight excluding hydrogens is 438 g/mol. The molecule has 0 aromatic heterocycles. The maximum absolute atomic E-state index is 12.9. The Kier molecular flexibility index (Phi) is 6.29. The van der Waals surface area contributed by atoms with Gasteiger partial charge in [-0.05, 0) is 55.8 Å². The Bertz CT molecular complexity index is 1270. The Balaban J connectivity index is 1.54. The van der Waals surface area contributed by atoms with Gasteiger partial charge in [0.15, 0.2) is 0 Å². The van der Waals surface area contributed by atoms with E-state index >= 15 is 0 Å². The van der Waals surface area contributed by atoms with Crippen LogP contribution >= 0.6 is 0 Å². The van der Waals surface area contributed by atoms with Crippen LogP contribution in [0, 0.1) is 13.8 Å². The summed E-state index contributed by atoms with van der Waals surface area (Å²) in [4.78, 5) is 16.5. The van der Waals surface area contributed by atoms with Gasteiger partial charge < -0.3 is 14.9 Å². The molecule has 0 radical (unpaired) electrons. The van der Waals surface area contributed by atoms with E-state index in [-0.39, 0.29) is 16.1 Å². The maximum atomic E-state index is 12.9. The molecule has 0 amide bonds. The number of rotatable bonds is 6. The highest BCUT2D eigenvalue weighted by Gasteiger charge is 2.23. The Hall–Kier alpha value is -3.52. The number of benzene rings is 3. The molecule has 0 spiro atoms. The van der Waals surface area contributed by atoms with E-state index in [2.05, 4.69) is 21.8 Å². The van der Waals surface area contributed by atoms with Crippen LogP contribution in [0.3, 0.4) is 0 Å². The van der Waals surface area contributed by atoms with E-state index < -0.39 is 16.0 Å². The summed E-state index contributed by atoms with van der Waals surface area (Å²) in [5.74, 6) is -1.09. The van der Waals surface area contributed by atoms with Gasteiger partial charge in [0.2, 0.25) is 0 Å². The number of carboxylic acid groups (broad SMARTS) is 1. The van der Waals surface area contributed by atoms with Gasteiger partial charge in [-0.25, -0.2) is 13.2 Å². The third-order valence-corrected chi connectivity index (χ3v) is 7.38. The predicted octanol–water partition coefficient (Wildman–Crippen LogP) is 4.13. The molecule has 0 aliphatic carbocycles. The number of nitrogens with zero attached hydrogens (tertiary/aromatic N) is 2. The van der Waals surface area contributed by atoms with Gasteiger partial charge in [0, 0.05) is 37.6 Å². The van der Waals surface area contributed by atoms with Gasteiger partial charge in [0.1, 0.15) is 0 Å². The first kappa shape index (κ1) is 22.7. The zero-order valence-electron chi connectivity index (χ0n) is 18.7. The Labute approximate surface area is 194 Å². The number of aromatic carboxylic acids is 1. The largest absolute Gasteiger partial charge is 0.478 e. The second-order valence-electron chi connectivity index (χ2n) is 8.22. The van der Waals surface area contributed by atoms with Crippen LogP contribution < -0.4 is 14.5 Å². The lowest BCUT2D eigenvalue weighted by molar-refractivity contribution is 0.0697. The molecule has 1 saturated heterocycles. The fourth-order valence-corrected chi connectivity index (χ4v) is 5.48. The zero-order valence-corrected chi connectivity index (χ0v) is 19.5. The number of para-hydroxylation sites is 1. The van der Waals surface area contributed by atoms with Crippen molar-refractivity contribution in [3.05, 3.63) is 83.4 Å². The number of nitrogens with one attached hydrogen (secondary N) is 1. The van der Waals surface area contributed by atoms with E-state index in [1.165, 1.54) is 6.07 Å². The molecule has 0 bridgehead atoms. The Morgan fingerprint density at radius 2 is 1.55 bits per heavy atom. The molecular formula is C25H27N3O4S. The average Bonchev–Trinajstić information content (AvgIpc) is 2.79. The monoisotopic (exact) mass is 465 g/mol. The quantitative estimate of drug-likeness (QED) is 0.569. The van der Waals surface area contributed by atoms with E-state index in [4.69, 9.17) is 0 Å². The van der Waals surface area contributed by atoms with Crippen molar-refractivity contribution in [2.75, 3.05) is 40.7 Å². The van der Waals surface area contributed by atoms with Crippen LogP contribution in [0.1, 0.15) is 21.5 Å². The van der Waals surface area contributed by atoms with Crippen LogP contribution in [0.25, 0.3) is 0 Å². The number of piperazine rings is 1. The average molecular weight is 466 g/mol. The van der Waals surface area contributed by atoms with Gasteiger partial charge in [-0.1, -0.05) is 35.9 Å². The third kappa shape index (κ3) is 4.96. The molecule has 1 aliphatic rings. The lowest BCUT2D eigenvalue weighted by Crippen LogP contribution is -2.47. The fourth-order valence-electron chi connectivity index (χ4n) is 4.20. The number of carbonyl (C=O) groups is 1. The first-order valence-electron chi connectivity index (χ1n) is 10.8. The number of aryl methyl sites for hydroxylation is 2. The summed E-state index contributed by atoms with van der Waals surface area (Å²) < 4.78 is 28.3. The minimum atomic E-state index is -3.84. The molecule has 7 nitrogen and oxygen atoms in total. The summed E-state index contributed by atoms with van der Waals surface area (Å²) in [5.41, 5.74) is 3.63. The summed E-state index contributed by atoms with van der Waals surface area (Å²) in [6.45, 7) is 6.51. The summed E-state index contributed by atoms with van der Waals surface area (Å²) in [6.07, 6.45) is 0. The first-order chi connectivity index (χ1) is 15.7. The van der Waals surface area contributed by atoms with Gasteiger partial charge in [0.25, 0.3) is 10.0 Å². The smallest absolute Gasteiger partial charge is 0.337 e. The van der Waals surface area contributed by atoms with Gasteiger partial charge >= 0.3 is 5.97 Å². The topological polar surface area (TPSA) is 90.0 Å². The number of hydrogen-bond donors (Lipinski definition) is 2.